The van der Waals surface area contributed by atoms with Crippen molar-refractivity contribution in [2.75, 3.05) is 20.2 Å². The molecule has 6 heteroatoms. The number of rotatable bonds is 6. The summed E-state index contributed by atoms with van der Waals surface area (Å²) in [6.07, 6.45) is 1.91. The molecule has 1 unspecified atom stereocenters. The summed E-state index contributed by atoms with van der Waals surface area (Å²) in [4.78, 5) is 19.5. The molecule has 0 spiro atoms. The molecule has 0 bridgehead atoms. The molecule has 0 saturated carbocycles. The van der Waals surface area contributed by atoms with Crippen LogP contribution < -0.4 is 4.74 Å². The number of hydrogen-bond donors (Lipinski definition) is 0. The SMILES string of the molecule is COc1ccc(-c2noc(CN3CCCC(C(=O)c4ccccc4)C3)n2)cc1. The number of aromatic nitrogens is 2. The molecular formula is C22H23N3O3. The summed E-state index contributed by atoms with van der Waals surface area (Å²) in [6.45, 7) is 2.20. The van der Waals surface area contributed by atoms with Gasteiger partial charge in [0.15, 0.2) is 5.78 Å². The van der Waals surface area contributed by atoms with E-state index in [1.807, 2.05) is 54.6 Å². The van der Waals surface area contributed by atoms with Crippen molar-refractivity contribution in [3.05, 3.63) is 66.1 Å². The van der Waals surface area contributed by atoms with E-state index in [1.165, 1.54) is 0 Å². The summed E-state index contributed by atoms with van der Waals surface area (Å²) in [5.41, 5.74) is 1.67. The normalized spacial score (nSPS) is 17.4. The Morgan fingerprint density at radius 1 is 1.18 bits per heavy atom. The Morgan fingerprint density at radius 2 is 1.96 bits per heavy atom. The predicted molar refractivity (Wildman–Crippen MR) is 105 cm³/mol. The number of Topliss-reactive ketones (excluding diaryl/α,β-unsaturated/α-hetero) is 1. The highest BCUT2D eigenvalue weighted by atomic mass is 16.5. The summed E-state index contributed by atoms with van der Waals surface area (Å²) in [5.74, 6) is 2.15. The van der Waals surface area contributed by atoms with Crippen LogP contribution in [0, 0.1) is 5.92 Å². The molecule has 144 valence electrons. The first-order chi connectivity index (χ1) is 13.7. The predicted octanol–water partition coefficient (Wildman–Crippen LogP) is 3.84. The molecule has 0 amide bonds. The van der Waals surface area contributed by atoms with Crippen LogP contribution in [0.1, 0.15) is 29.1 Å². The third-order valence-corrected chi connectivity index (χ3v) is 5.11. The lowest BCUT2D eigenvalue weighted by Gasteiger charge is -2.30. The third kappa shape index (κ3) is 4.12. The average molecular weight is 377 g/mol. The number of likely N-dealkylation sites (tertiary alicyclic amines) is 1. The quantitative estimate of drug-likeness (QED) is 0.608. The number of piperidine rings is 1. The molecule has 4 rings (SSSR count). The van der Waals surface area contributed by atoms with Gasteiger partial charge in [0.25, 0.3) is 0 Å². The number of carbonyl (C=O) groups excluding carboxylic acids is 1. The molecule has 1 fully saturated rings. The fraction of sp³-hybridized carbons (Fsp3) is 0.318. The van der Waals surface area contributed by atoms with Crippen molar-refractivity contribution < 1.29 is 14.1 Å². The number of methoxy groups -OCH3 is 1. The van der Waals surface area contributed by atoms with Crippen LogP contribution in [0.25, 0.3) is 11.4 Å². The standard InChI is InChI=1S/C22H23N3O3/c1-27-19-11-9-17(10-12-19)22-23-20(28-24-22)15-25-13-5-8-18(14-25)21(26)16-6-3-2-4-7-16/h2-4,6-7,9-12,18H,5,8,13-15H2,1H3. The highest BCUT2D eigenvalue weighted by molar-refractivity contribution is 5.98. The van der Waals surface area contributed by atoms with E-state index < -0.39 is 0 Å². The monoisotopic (exact) mass is 377 g/mol. The van der Waals surface area contributed by atoms with E-state index in [4.69, 9.17) is 9.26 Å². The highest BCUT2D eigenvalue weighted by Crippen LogP contribution is 2.23. The molecule has 1 atom stereocenters. The fourth-order valence-electron chi connectivity index (χ4n) is 3.62. The molecule has 6 nitrogen and oxygen atoms in total. The van der Waals surface area contributed by atoms with E-state index in [1.54, 1.807) is 7.11 Å². The van der Waals surface area contributed by atoms with Crippen molar-refractivity contribution in [2.45, 2.75) is 19.4 Å². The van der Waals surface area contributed by atoms with Crippen LogP contribution in [-0.4, -0.2) is 41.0 Å². The van der Waals surface area contributed by atoms with E-state index >= 15 is 0 Å². The summed E-state index contributed by atoms with van der Waals surface area (Å²) in [5, 5.41) is 4.09. The van der Waals surface area contributed by atoms with Crippen molar-refractivity contribution in [3.63, 3.8) is 0 Å². The third-order valence-electron chi connectivity index (χ3n) is 5.11. The van der Waals surface area contributed by atoms with E-state index in [9.17, 15) is 4.79 Å². The Bertz CT molecular complexity index is 922. The summed E-state index contributed by atoms with van der Waals surface area (Å²) < 4.78 is 10.6. The zero-order valence-corrected chi connectivity index (χ0v) is 15.9. The highest BCUT2D eigenvalue weighted by Gasteiger charge is 2.27. The average Bonchev–Trinajstić information content (AvgIpc) is 3.22. The van der Waals surface area contributed by atoms with Gasteiger partial charge in [-0.25, -0.2) is 0 Å². The second-order valence-corrected chi connectivity index (χ2v) is 7.04. The van der Waals surface area contributed by atoms with Gasteiger partial charge >= 0.3 is 0 Å². The minimum absolute atomic E-state index is 0.0140. The van der Waals surface area contributed by atoms with Gasteiger partial charge in [-0.2, -0.15) is 4.98 Å². The topological polar surface area (TPSA) is 68.5 Å². The van der Waals surface area contributed by atoms with E-state index in [0.29, 0.717) is 24.8 Å². The van der Waals surface area contributed by atoms with Gasteiger partial charge < -0.3 is 9.26 Å². The molecule has 2 heterocycles. The summed E-state index contributed by atoms with van der Waals surface area (Å²) in [7, 11) is 1.63. The van der Waals surface area contributed by atoms with Gasteiger partial charge in [-0.3, -0.25) is 9.69 Å². The number of hydrogen-bond acceptors (Lipinski definition) is 6. The van der Waals surface area contributed by atoms with Gasteiger partial charge in [-0.05, 0) is 43.7 Å². The van der Waals surface area contributed by atoms with Crippen LogP contribution in [0.4, 0.5) is 0 Å². The zero-order valence-electron chi connectivity index (χ0n) is 15.9. The maximum atomic E-state index is 12.8. The lowest BCUT2D eigenvalue weighted by molar-refractivity contribution is 0.0797. The number of nitrogens with zero attached hydrogens (tertiary/aromatic N) is 3. The molecule has 0 radical (unpaired) electrons. The van der Waals surface area contributed by atoms with Crippen LogP contribution >= 0.6 is 0 Å². The number of benzene rings is 2. The van der Waals surface area contributed by atoms with Gasteiger partial charge in [-0.1, -0.05) is 35.5 Å². The minimum Gasteiger partial charge on any atom is -0.497 e. The van der Waals surface area contributed by atoms with Crippen molar-refractivity contribution >= 4 is 5.78 Å². The number of ether oxygens (including phenoxy) is 1. The van der Waals surface area contributed by atoms with Gasteiger partial charge in [-0.15, -0.1) is 0 Å². The Labute approximate surface area is 164 Å². The molecule has 2 aromatic carbocycles. The van der Waals surface area contributed by atoms with Crippen LogP contribution in [0.5, 0.6) is 5.75 Å². The first-order valence-corrected chi connectivity index (χ1v) is 9.51. The van der Waals surface area contributed by atoms with Crippen LogP contribution in [0.15, 0.2) is 59.1 Å². The van der Waals surface area contributed by atoms with E-state index in [-0.39, 0.29) is 11.7 Å². The van der Waals surface area contributed by atoms with Crippen LogP contribution in [-0.2, 0) is 6.54 Å². The summed E-state index contributed by atoms with van der Waals surface area (Å²) in [6, 6.07) is 17.1. The van der Waals surface area contributed by atoms with Crippen molar-refractivity contribution in [3.8, 4) is 17.1 Å². The second kappa shape index (κ2) is 8.35. The minimum atomic E-state index is 0.0140. The van der Waals surface area contributed by atoms with Gasteiger partial charge in [0, 0.05) is 23.6 Å². The lowest BCUT2D eigenvalue weighted by atomic mass is 9.90. The first kappa shape index (κ1) is 18.4. The maximum absolute atomic E-state index is 12.8. The van der Waals surface area contributed by atoms with Gasteiger partial charge in [0.05, 0.1) is 13.7 Å². The molecule has 28 heavy (non-hydrogen) atoms. The largest absolute Gasteiger partial charge is 0.497 e. The molecule has 1 aliphatic heterocycles. The van der Waals surface area contributed by atoms with Crippen molar-refractivity contribution in [1.29, 1.82) is 0 Å². The van der Waals surface area contributed by atoms with Crippen LogP contribution in [0.2, 0.25) is 0 Å². The Balaban J connectivity index is 1.40. The van der Waals surface area contributed by atoms with Crippen molar-refractivity contribution in [1.82, 2.24) is 15.0 Å². The molecule has 3 aromatic rings. The molecule has 0 N–H and O–H groups in total. The Kier molecular flexibility index (Phi) is 5.48. The Morgan fingerprint density at radius 3 is 2.71 bits per heavy atom. The Hall–Kier alpha value is -2.99. The smallest absolute Gasteiger partial charge is 0.241 e. The van der Waals surface area contributed by atoms with E-state index in [0.717, 1.165) is 36.3 Å². The number of ketones is 1. The lowest BCUT2D eigenvalue weighted by Crippen LogP contribution is -2.38. The zero-order chi connectivity index (χ0) is 19.3. The summed E-state index contributed by atoms with van der Waals surface area (Å²) >= 11 is 0. The maximum Gasteiger partial charge on any atom is 0.241 e. The molecule has 1 aromatic heterocycles. The molecule has 1 saturated heterocycles. The second-order valence-electron chi connectivity index (χ2n) is 7.04. The molecule has 1 aliphatic rings. The van der Waals surface area contributed by atoms with Crippen molar-refractivity contribution in [2.24, 2.45) is 5.92 Å². The molecular weight excluding hydrogens is 354 g/mol. The molecule has 0 aliphatic carbocycles. The van der Waals surface area contributed by atoms with Gasteiger partial charge in [0.2, 0.25) is 11.7 Å². The number of carbonyl (C=O) groups is 1. The van der Waals surface area contributed by atoms with Crippen LogP contribution in [0.3, 0.4) is 0 Å². The fourth-order valence-corrected chi connectivity index (χ4v) is 3.62. The van der Waals surface area contributed by atoms with E-state index in [2.05, 4.69) is 15.0 Å². The van der Waals surface area contributed by atoms with Gasteiger partial charge in [0.1, 0.15) is 5.75 Å². The first-order valence-electron chi connectivity index (χ1n) is 9.51.